The summed E-state index contributed by atoms with van der Waals surface area (Å²) in [7, 11) is 1.56. The van der Waals surface area contributed by atoms with Crippen LogP contribution in [-0.2, 0) is 0 Å². The van der Waals surface area contributed by atoms with E-state index in [0.29, 0.717) is 16.3 Å². The number of hydrogen-bond acceptors (Lipinski definition) is 4. The van der Waals surface area contributed by atoms with Crippen molar-refractivity contribution in [2.24, 2.45) is 5.84 Å². The van der Waals surface area contributed by atoms with Crippen molar-refractivity contribution in [1.29, 1.82) is 0 Å². The number of rotatable bonds is 4. The van der Waals surface area contributed by atoms with Gasteiger partial charge in [0.05, 0.1) is 13.2 Å². The molecule has 1 aromatic carbocycles. The van der Waals surface area contributed by atoms with Crippen molar-refractivity contribution in [3.63, 3.8) is 0 Å². The van der Waals surface area contributed by atoms with Gasteiger partial charge in [0.2, 0.25) is 0 Å². The van der Waals surface area contributed by atoms with Crippen molar-refractivity contribution >= 4 is 11.6 Å². The molecule has 1 rings (SSSR count). The Balaban J connectivity index is 3.29. The Morgan fingerprint density at radius 1 is 1.56 bits per heavy atom. The van der Waals surface area contributed by atoms with Gasteiger partial charge in [-0.15, -0.1) is 0 Å². The summed E-state index contributed by atoms with van der Waals surface area (Å²) in [5.41, 5.74) is 4.85. The summed E-state index contributed by atoms with van der Waals surface area (Å²) in [6.07, 6.45) is -0.738. The zero-order valence-corrected chi connectivity index (χ0v) is 10.4. The molecule has 0 saturated carbocycles. The summed E-state index contributed by atoms with van der Waals surface area (Å²) >= 11 is 6.14. The lowest BCUT2D eigenvalue weighted by molar-refractivity contribution is 0.170. The van der Waals surface area contributed by atoms with Gasteiger partial charge in [-0.2, -0.15) is 0 Å². The highest BCUT2D eigenvalue weighted by molar-refractivity contribution is 6.32. The van der Waals surface area contributed by atoms with Crippen LogP contribution in [0, 0.1) is 13.8 Å². The fourth-order valence-corrected chi connectivity index (χ4v) is 1.89. The lowest BCUT2D eigenvalue weighted by atomic mass is 9.99. The highest BCUT2D eigenvalue weighted by Gasteiger charge is 2.19. The van der Waals surface area contributed by atoms with E-state index >= 15 is 0 Å². The summed E-state index contributed by atoms with van der Waals surface area (Å²) < 4.78 is 5.24. The molecule has 0 aliphatic carbocycles. The molecule has 0 aliphatic rings. The average molecular weight is 245 g/mol. The SMILES string of the molecule is COc1cc(C)c(Cl)c(C)c1C(O)CNN. The molecule has 1 unspecified atom stereocenters. The van der Waals surface area contributed by atoms with Gasteiger partial charge >= 0.3 is 0 Å². The summed E-state index contributed by atoms with van der Waals surface area (Å²) in [4.78, 5) is 0. The molecule has 0 spiro atoms. The molecular formula is C11H17ClN2O2. The first-order valence-corrected chi connectivity index (χ1v) is 5.35. The summed E-state index contributed by atoms with van der Waals surface area (Å²) in [5.74, 6) is 5.82. The molecule has 5 heteroatoms. The number of nitrogens with one attached hydrogen (secondary N) is 1. The van der Waals surface area contributed by atoms with Crippen LogP contribution in [0.3, 0.4) is 0 Å². The van der Waals surface area contributed by atoms with Gasteiger partial charge in [-0.25, -0.2) is 0 Å². The van der Waals surface area contributed by atoms with Crippen LogP contribution >= 0.6 is 11.6 Å². The van der Waals surface area contributed by atoms with E-state index < -0.39 is 6.10 Å². The van der Waals surface area contributed by atoms with Gasteiger partial charge in [-0.1, -0.05) is 11.6 Å². The molecular weight excluding hydrogens is 228 g/mol. The smallest absolute Gasteiger partial charge is 0.125 e. The number of aliphatic hydroxyl groups is 1. The highest BCUT2D eigenvalue weighted by Crippen LogP contribution is 2.35. The molecule has 0 fully saturated rings. The largest absolute Gasteiger partial charge is 0.496 e. The lowest BCUT2D eigenvalue weighted by Crippen LogP contribution is -2.28. The second kappa shape index (κ2) is 5.50. The molecule has 4 N–H and O–H groups in total. The molecule has 0 aliphatic heterocycles. The topological polar surface area (TPSA) is 67.5 Å². The third-order valence-corrected chi connectivity index (χ3v) is 3.14. The molecule has 0 saturated heterocycles. The van der Waals surface area contributed by atoms with E-state index in [0.717, 1.165) is 11.1 Å². The summed E-state index contributed by atoms with van der Waals surface area (Å²) in [5, 5.41) is 10.6. The molecule has 0 bridgehead atoms. The van der Waals surface area contributed by atoms with Crippen molar-refractivity contribution in [2.45, 2.75) is 20.0 Å². The van der Waals surface area contributed by atoms with Crippen LogP contribution in [0.2, 0.25) is 5.02 Å². The van der Waals surface area contributed by atoms with Crippen LogP contribution in [-0.4, -0.2) is 18.8 Å². The second-order valence-electron chi connectivity index (χ2n) is 3.67. The van der Waals surface area contributed by atoms with Crippen LogP contribution in [0.25, 0.3) is 0 Å². The van der Waals surface area contributed by atoms with E-state index in [1.54, 1.807) is 7.11 Å². The number of benzene rings is 1. The molecule has 0 amide bonds. The van der Waals surface area contributed by atoms with Crippen LogP contribution in [0.5, 0.6) is 5.75 Å². The monoisotopic (exact) mass is 244 g/mol. The Hall–Kier alpha value is -0.810. The number of ether oxygens (including phenoxy) is 1. The molecule has 16 heavy (non-hydrogen) atoms. The molecule has 0 aromatic heterocycles. The Morgan fingerprint density at radius 2 is 2.19 bits per heavy atom. The number of aliphatic hydroxyl groups excluding tert-OH is 1. The van der Waals surface area contributed by atoms with Crippen LogP contribution in [0.1, 0.15) is 22.8 Å². The fourth-order valence-electron chi connectivity index (χ4n) is 1.73. The van der Waals surface area contributed by atoms with Crippen LogP contribution in [0.15, 0.2) is 6.07 Å². The minimum absolute atomic E-state index is 0.247. The minimum atomic E-state index is -0.738. The van der Waals surface area contributed by atoms with E-state index in [2.05, 4.69) is 5.43 Å². The van der Waals surface area contributed by atoms with E-state index in [4.69, 9.17) is 22.2 Å². The molecule has 1 atom stereocenters. The van der Waals surface area contributed by atoms with Crippen molar-refractivity contribution < 1.29 is 9.84 Å². The Labute approximate surface area is 100 Å². The first-order valence-electron chi connectivity index (χ1n) is 4.98. The number of halogens is 1. The van der Waals surface area contributed by atoms with Crippen molar-refractivity contribution in [3.8, 4) is 5.75 Å². The van der Waals surface area contributed by atoms with E-state index in [1.165, 1.54) is 0 Å². The zero-order chi connectivity index (χ0) is 12.3. The number of hydrazine groups is 1. The van der Waals surface area contributed by atoms with Gasteiger partial charge in [-0.05, 0) is 31.0 Å². The second-order valence-corrected chi connectivity index (χ2v) is 4.05. The quantitative estimate of drug-likeness (QED) is 0.554. The predicted molar refractivity (Wildman–Crippen MR) is 64.6 cm³/mol. The molecule has 90 valence electrons. The van der Waals surface area contributed by atoms with E-state index in [9.17, 15) is 5.11 Å². The average Bonchev–Trinajstić information content (AvgIpc) is 2.25. The van der Waals surface area contributed by atoms with Gasteiger partial charge in [0.25, 0.3) is 0 Å². The first-order chi connectivity index (χ1) is 7.52. The van der Waals surface area contributed by atoms with Crippen molar-refractivity contribution in [3.05, 3.63) is 27.8 Å². The molecule has 0 heterocycles. The Kier molecular flexibility index (Phi) is 4.56. The van der Waals surface area contributed by atoms with Crippen molar-refractivity contribution in [1.82, 2.24) is 5.43 Å². The number of methoxy groups -OCH3 is 1. The number of hydrogen-bond donors (Lipinski definition) is 3. The maximum absolute atomic E-state index is 9.95. The van der Waals surface area contributed by atoms with Gasteiger partial charge in [-0.3, -0.25) is 11.3 Å². The van der Waals surface area contributed by atoms with Crippen LogP contribution < -0.4 is 16.0 Å². The van der Waals surface area contributed by atoms with E-state index in [-0.39, 0.29) is 6.54 Å². The van der Waals surface area contributed by atoms with Gasteiger partial charge < -0.3 is 9.84 Å². The minimum Gasteiger partial charge on any atom is -0.496 e. The zero-order valence-electron chi connectivity index (χ0n) is 9.67. The maximum Gasteiger partial charge on any atom is 0.125 e. The van der Waals surface area contributed by atoms with Gasteiger partial charge in [0, 0.05) is 17.1 Å². The Morgan fingerprint density at radius 3 is 2.69 bits per heavy atom. The van der Waals surface area contributed by atoms with Crippen molar-refractivity contribution in [2.75, 3.05) is 13.7 Å². The standard InChI is InChI=1S/C11H17ClN2O2/c1-6-4-9(16-3)10(7(2)11(6)12)8(15)5-14-13/h4,8,14-15H,5,13H2,1-3H3. The molecule has 4 nitrogen and oxygen atoms in total. The summed E-state index contributed by atoms with van der Waals surface area (Å²) in [6, 6.07) is 1.81. The Bertz CT molecular complexity index is 383. The third kappa shape index (κ3) is 2.47. The summed E-state index contributed by atoms with van der Waals surface area (Å²) in [6.45, 7) is 4.00. The van der Waals surface area contributed by atoms with Gasteiger partial charge in [0.1, 0.15) is 5.75 Å². The molecule has 0 radical (unpaired) electrons. The van der Waals surface area contributed by atoms with Gasteiger partial charge in [0.15, 0.2) is 0 Å². The maximum atomic E-state index is 9.95. The number of aryl methyl sites for hydroxylation is 1. The predicted octanol–water partition coefficient (Wildman–Crippen LogP) is 1.46. The lowest BCUT2D eigenvalue weighted by Gasteiger charge is -2.19. The fraction of sp³-hybridized carbons (Fsp3) is 0.455. The molecule has 1 aromatic rings. The van der Waals surface area contributed by atoms with E-state index in [1.807, 2.05) is 19.9 Å². The van der Waals surface area contributed by atoms with Crippen LogP contribution in [0.4, 0.5) is 0 Å². The first kappa shape index (κ1) is 13.3. The third-order valence-electron chi connectivity index (χ3n) is 2.56. The highest BCUT2D eigenvalue weighted by atomic mass is 35.5. The number of nitrogens with two attached hydrogens (primary N) is 1. The normalized spacial score (nSPS) is 12.6.